The largest absolute Gasteiger partial charge is 0.368 e. The molecular weight excluding hydrogens is 344 g/mol. The monoisotopic (exact) mass is 362 g/mol. The van der Waals surface area contributed by atoms with E-state index in [1.807, 2.05) is 23.7 Å². The molecule has 6 nitrogen and oxygen atoms in total. The molecule has 0 bridgehead atoms. The lowest BCUT2D eigenvalue weighted by Gasteiger charge is -2.28. The lowest BCUT2D eigenvalue weighted by molar-refractivity contribution is 0.246. The van der Waals surface area contributed by atoms with E-state index in [1.54, 1.807) is 15.9 Å². The number of nitrogens with two attached hydrogens (primary N) is 1. The summed E-state index contributed by atoms with van der Waals surface area (Å²) in [5, 5.41) is 6.58. The maximum absolute atomic E-state index is 6.03. The van der Waals surface area contributed by atoms with Crippen molar-refractivity contribution in [1.29, 1.82) is 0 Å². The molecule has 0 spiro atoms. The van der Waals surface area contributed by atoms with Gasteiger partial charge in [-0.1, -0.05) is 30.3 Å². The molecule has 0 unspecified atom stereocenters. The minimum absolute atomic E-state index is 0.364. The number of hydrogen-bond donors (Lipinski definition) is 1. The summed E-state index contributed by atoms with van der Waals surface area (Å²) in [4.78, 5) is 12.5. The van der Waals surface area contributed by atoms with Gasteiger partial charge in [0.25, 0.3) is 0 Å². The minimum atomic E-state index is 0.364. The molecule has 2 N–H and O–H groups in total. The predicted molar refractivity (Wildman–Crippen MR) is 103 cm³/mol. The third kappa shape index (κ3) is 2.65. The van der Waals surface area contributed by atoms with Crippen LogP contribution < -0.4 is 5.73 Å². The quantitative estimate of drug-likeness (QED) is 0.607. The van der Waals surface area contributed by atoms with Crippen molar-refractivity contribution in [2.45, 2.75) is 19.5 Å². The normalized spacial score (nSPS) is 14.6. The molecule has 7 heteroatoms. The van der Waals surface area contributed by atoms with Gasteiger partial charge in [-0.05, 0) is 29.0 Å². The Kier molecular flexibility index (Phi) is 3.69. The van der Waals surface area contributed by atoms with Crippen LogP contribution in [0.2, 0.25) is 0 Å². The van der Waals surface area contributed by atoms with Gasteiger partial charge in [-0.3, -0.25) is 4.90 Å². The summed E-state index contributed by atoms with van der Waals surface area (Å²) in [6.45, 7) is 2.76. The third-order valence-electron chi connectivity index (χ3n) is 4.81. The van der Waals surface area contributed by atoms with Gasteiger partial charge in [0.2, 0.25) is 5.95 Å². The maximum atomic E-state index is 6.03. The first-order valence-electron chi connectivity index (χ1n) is 8.61. The fourth-order valence-corrected chi connectivity index (χ4v) is 4.14. The van der Waals surface area contributed by atoms with Crippen molar-refractivity contribution in [3.63, 3.8) is 0 Å². The SMILES string of the molecule is Nc1ncc(CN2CCc3ccccc3C2)c2nc(-c3cccs3)nn12. The molecule has 1 aliphatic heterocycles. The van der Waals surface area contributed by atoms with Gasteiger partial charge in [-0.2, -0.15) is 4.52 Å². The second-order valence-corrected chi connectivity index (χ2v) is 7.47. The lowest BCUT2D eigenvalue weighted by atomic mass is 10.00. The van der Waals surface area contributed by atoms with Gasteiger partial charge in [-0.15, -0.1) is 16.4 Å². The summed E-state index contributed by atoms with van der Waals surface area (Å²) >= 11 is 1.62. The van der Waals surface area contributed by atoms with Crippen molar-refractivity contribution in [3.05, 3.63) is 64.7 Å². The van der Waals surface area contributed by atoms with Gasteiger partial charge in [0.1, 0.15) is 0 Å². The zero-order valence-electron chi connectivity index (χ0n) is 14.2. The summed E-state index contributed by atoms with van der Waals surface area (Å²) in [7, 11) is 0. The van der Waals surface area contributed by atoms with Gasteiger partial charge in [0.05, 0.1) is 4.88 Å². The Morgan fingerprint density at radius 3 is 2.85 bits per heavy atom. The molecule has 4 aromatic rings. The third-order valence-corrected chi connectivity index (χ3v) is 5.68. The second-order valence-electron chi connectivity index (χ2n) is 6.52. The molecule has 0 saturated heterocycles. The average Bonchev–Trinajstić information content (AvgIpc) is 3.34. The first-order chi connectivity index (χ1) is 12.8. The van der Waals surface area contributed by atoms with Crippen LogP contribution in [-0.2, 0) is 19.5 Å². The van der Waals surface area contributed by atoms with Gasteiger partial charge in [0.15, 0.2) is 11.5 Å². The molecular formula is C19H18N6S. The van der Waals surface area contributed by atoms with E-state index in [-0.39, 0.29) is 0 Å². The Bertz CT molecular complexity index is 1070. The Morgan fingerprint density at radius 1 is 1.12 bits per heavy atom. The van der Waals surface area contributed by atoms with E-state index in [2.05, 4.69) is 39.2 Å². The molecule has 0 aliphatic carbocycles. The number of thiophene rings is 1. The molecule has 0 amide bonds. The van der Waals surface area contributed by atoms with E-state index in [0.29, 0.717) is 11.8 Å². The minimum Gasteiger partial charge on any atom is -0.368 e. The van der Waals surface area contributed by atoms with Crippen molar-refractivity contribution >= 4 is 22.9 Å². The van der Waals surface area contributed by atoms with Crippen molar-refractivity contribution in [1.82, 2.24) is 24.5 Å². The Hall–Kier alpha value is -2.77. The summed E-state index contributed by atoms with van der Waals surface area (Å²) < 4.78 is 1.66. The molecule has 0 radical (unpaired) electrons. The van der Waals surface area contributed by atoms with Crippen molar-refractivity contribution in [2.75, 3.05) is 12.3 Å². The first-order valence-corrected chi connectivity index (χ1v) is 9.49. The van der Waals surface area contributed by atoms with Crippen molar-refractivity contribution in [3.8, 4) is 10.7 Å². The van der Waals surface area contributed by atoms with Crippen LogP contribution >= 0.6 is 11.3 Å². The summed E-state index contributed by atoms with van der Waals surface area (Å²) in [6, 6.07) is 12.7. The van der Waals surface area contributed by atoms with Gasteiger partial charge in [-0.25, -0.2) is 9.97 Å². The highest BCUT2D eigenvalue weighted by molar-refractivity contribution is 7.13. The Labute approximate surface area is 154 Å². The lowest BCUT2D eigenvalue weighted by Crippen LogP contribution is -2.30. The molecule has 0 fully saturated rings. The van der Waals surface area contributed by atoms with Gasteiger partial charge in [0, 0.05) is 31.4 Å². The van der Waals surface area contributed by atoms with E-state index >= 15 is 0 Å². The Balaban J connectivity index is 1.49. The maximum Gasteiger partial charge on any atom is 0.223 e. The van der Waals surface area contributed by atoms with E-state index in [4.69, 9.17) is 10.7 Å². The molecule has 4 heterocycles. The average molecular weight is 362 g/mol. The number of nitrogens with zero attached hydrogens (tertiary/aromatic N) is 5. The van der Waals surface area contributed by atoms with Gasteiger partial charge < -0.3 is 5.73 Å². The van der Waals surface area contributed by atoms with Crippen LogP contribution in [0.4, 0.5) is 5.95 Å². The smallest absolute Gasteiger partial charge is 0.223 e. The molecule has 26 heavy (non-hydrogen) atoms. The summed E-state index contributed by atoms with van der Waals surface area (Å²) in [6.07, 6.45) is 2.90. The summed E-state index contributed by atoms with van der Waals surface area (Å²) in [5.41, 5.74) is 10.7. The van der Waals surface area contributed by atoms with Crippen LogP contribution in [0.1, 0.15) is 16.7 Å². The second kappa shape index (κ2) is 6.19. The van der Waals surface area contributed by atoms with Crippen LogP contribution in [0.15, 0.2) is 48.0 Å². The van der Waals surface area contributed by atoms with Crippen molar-refractivity contribution in [2.24, 2.45) is 0 Å². The Morgan fingerprint density at radius 2 is 2.00 bits per heavy atom. The summed E-state index contributed by atoms with van der Waals surface area (Å²) in [5.74, 6) is 1.06. The number of hydrogen-bond acceptors (Lipinski definition) is 6. The number of fused-ring (bicyclic) bond motifs is 2. The molecule has 0 atom stereocenters. The standard InChI is InChI=1S/C19H18N6S/c20-19-21-10-15(12-24-8-7-13-4-1-2-5-14(13)11-24)18-22-17(23-25(18)19)16-6-3-9-26-16/h1-6,9-10H,7-8,11-12H2,(H2,20,21). The highest BCUT2D eigenvalue weighted by Crippen LogP contribution is 2.25. The molecule has 1 aromatic carbocycles. The van der Waals surface area contributed by atoms with E-state index in [9.17, 15) is 0 Å². The van der Waals surface area contributed by atoms with E-state index in [0.717, 1.165) is 42.1 Å². The highest BCUT2D eigenvalue weighted by Gasteiger charge is 2.19. The number of rotatable bonds is 3. The van der Waals surface area contributed by atoms with E-state index < -0.39 is 0 Å². The fraction of sp³-hybridized carbons (Fsp3) is 0.211. The number of benzene rings is 1. The van der Waals surface area contributed by atoms with Crippen molar-refractivity contribution < 1.29 is 0 Å². The molecule has 3 aromatic heterocycles. The number of anilines is 1. The number of nitrogen functional groups attached to an aromatic ring is 1. The van der Waals surface area contributed by atoms with Crippen LogP contribution in [0.5, 0.6) is 0 Å². The molecule has 0 saturated carbocycles. The van der Waals surface area contributed by atoms with Crippen LogP contribution in [-0.4, -0.2) is 31.0 Å². The fourth-order valence-electron chi connectivity index (χ4n) is 3.49. The van der Waals surface area contributed by atoms with Crippen LogP contribution in [0.25, 0.3) is 16.3 Å². The molecule has 1 aliphatic rings. The molecule has 5 rings (SSSR count). The first kappa shape index (κ1) is 15.5. The zero-order chi connectivity index (χ0) is 17.5. The topological polar surface area (TPSA) is 72.3 Å². The highest BCUT2D eigenvalue weighted by atomic mass is 32.1. The predicted octanol–water partition coefficient (Wildman–Crippen LogP) is 2.99. The van der Waals surface area contributed by atoms with E-state index in [1.165, 1.54) is 11.1 Å². The van der Waals surface area contributed by atoms with Crippen LogP contribution in [0.3, 0.4) is 0 Å². The van der Waals surface area contributed by atoms with Gasteiger partial charge >= 0.3 is 0 Å². The number of aromatic nitrogens is 4. The van der Waals surface area contributed by atoms with Crippen LogP contribution in [0, 0.1) is 0 Å². The molecule has 130 valence electrons. The zero-order valence-corrected chi connectivity index (χ0v) is 15.0.